The molecule has 0 aliphatic carbocycles. The van der Waals surface area contributed by atoms with E-state index in [-0.39, 0.29) is 5.91 Å². The number of amides is 1. The largest absolute Gasteiger partial charge is 0.323 e. The molecule has 0 aliphatic heterocycles. The predicted molar refractivity (Wildman–Crippen MR) is 73.6 cm³/mol. The van der Waals surface area contributed by atoms with Crippen molar-refractivity contribution >= 4 is 24.0 Å². The van der Waals surface area contributed by atoms with E-state index in [1.165, 1.54) is 6.08 Å². The standard InChI is InChI=1S/C13H18NO2P/c1-4-13(15)14-11-8-7-9-12(10-11)17(16,5-2)6-3/h4,7-10H,1,5-6H2,2-3H3,(H,14,15). The molecule has 0 bridgehead atoms. The Balaban J connectivity index is 3.04. The zero-order chi connectivity index (χ0) is 12.9. The first kappa shape index (κ1) is 13.7. The van der Waals surface area contributed by atoms with Gasteiger partial charge in [0.25, 0.3) is 0 Å². The van der Waals surface area contributed by atoms with Crippen LogP contribution in [0.4, 0.5) is 5.69 Å². The number of carbonyl (C=O) groups excluding carboxylic acids is 1. The lowest BCUT2D eigenvalue weighted by molar-refractivity contribution is -0.111. The Hall–Kier alpha value is -1.34. The highest BCUT2D eigenvalue weighted by Gasteiger charge is 2.19. The van der Waals surface area contributed by atoms with Gasteiger partial charge in [-0.2, -0.15) is 0 Å². The lowest BCUT2D eigenvalue weighted by Crippen LogP contribution is -2.12. The second-order valence-electron chi connectivity index (χ2n) is 3.77. The van der Waals surface area contributed by atoms with Gasteiger partial charge in [0.05, 0.1) is 0 Å². The summed E-state index contributed by atoms with van der Waals surface area (Å²) in [6.45, 7) is 7.25. The molecule has 1 N–H and O–H groups in total. The summed E-state index contributed by atoms with van der Waals surface area (Å²) in [5, 5.41) is 3.50. The van der Waals surface area contributed by atoms with Gasteiger partial charge in [-0.1, -0.05) is 32.6 Å². The Morgan fingerprint density at radius 2 is 2.06 bits per heavy atom. The fourth-order valence-corrected chi connectivity index (χ4v) is 3.53. The lowest BCUT2D eigenvalue weighted by Gasteiger charge is -2.15. The fraction of sp³-hybridized carbons (Fsp3) is 0.308. The molecular formula is C13H18NO2P. The van der Waals surface area contributed by atoms with E-state index in [9.17, 15) is 9.36 Å². The molecule has 1 rings (SSSR count). The number of hydrogen-bond acceptors (Lipinski definition) is 2. The van der Waals surface area contributed by atoms with Crippen molar-refractivity contribution in [3.8, 4) is 0 Å². The smallest absolute Gasteiger partial charge is 0.247 e. The normalized spacial score (nSPS) is 10.9. The molecule has 0 unspecified atom stereocenters. The Morgan fingerprint density at radius 3 is 2.59 bits per heavy atom. The van der Waals surface area contributed by atoms with Crippen LogP contribution in [0.1, 0.15) is 13.8 Å². The topological polar surface area (TPSA) is 46.2 Å². The first-order valence-corrected chi connectivity index (χ1v) is 7.75. The third-order valence-electron chi connectivity index (χ3n) is 2.79. The molecule has 4 heteroatoms. The average molecular weight is 251 g/mol. The number of anilines is 1. The molecular weight excluding hydrogens is 233 g/mol. The lowest BCUT2D eigenvalue weighted by atomic mass is 10.3. The van der Waals surface area contributed by atoms with E-state index in [2.05, 4.69) is 11.9 Å². The van der Waals surface area contributed by atoms with Gasteiger partial charge in [-0.3, -0.25) is 4.79 Å². The van der Waals surface area contributed by atoms with E-state index in [1.807, 2.05) is 26.0 Å². The number of hydrogen-bond donors (Lipinski definition) is 1. The minimum Gasteiger partial charge on any atom is -0.323 e. The highest BCUT2D eigenvalue weighted by molar-refractivity contribution is 7.71. The van der Waals surface area contributed by atoms with Gasteiger partial charge in [0.15, 0.2) is 0 Å². The summed E-state index contributed by atoms with van der Waals surface area (Å²) in [7, 11) is -2.29. The third kappa shape index (κ3) is 3.31. The van der Waals surface area contributed by atoms with Crippen molar-refractivity contribution in [2.24, 2.45) is 0 Å². The first-order chi connectivity index (χ1) is 8.05. The molecule has 0 radical (unpaired) electrons. The molecule has 1 amide bonds. The van der Waals surface area contributed by atoms with E-state index < -0.39 is 7.14 Å². The quantitative estimate of drug-likeness (QED) is 0.646. The summed E-state index contributed by atoms with van der Waals surface area (Å²) in [4.78, 5) is 11.2. The van der Waals surface area contributed by atoms with E-state index in [0.29, 0.717) is 18.0 Å². The Morgan fingerprint density at radius 1 is 1.41 bits per heavy atom. The zero-order valence-electron chi connectivity index (χ0n) is 10.3. The van der Waals surface area contributed by atoms with Crippen molar-refractivity contribution in [3.63, 3.8) is 0 Å². The summed E-state index contributed by atoms with van der Waals surface area (Å²) in [6, 6.07) is 7.24. The second-order valence-corrected chi connectivity index (χ2v) is 7.33. The third-order valence-corrected chi connectivity index (χ3v) is 6.05. The monoisotopic (exact) mass is 251 g/mol. The van der Waals surface area contributed by atoms with Crippen molar-refractivity contribution in [3.05, 3.63) is 36.9 Å². The maximum absolute atomic E-state index is 12.5. The SMILES string of the molecule is C=CC(=O)Nc1cccc(P(=O)(CC)CC)c1. The average Bonchev–Trinajstić information content (AvgIpc) is 2.38. The van der Waals surface area contributed by atoms with Crippen LogP contribution < -0.4 is 10.6 Å². The van der Waals surface area contributed by atoms with Crippen LogP contribution in [0.15, 0.2) is 36.9 Å². The van der Waals surface area contributed by atoms with Crippen LogP contribution >= 0.6 is 7.14 Å². The van der Waals surface area contributed by atoms with Crippen LogP contribution in [0.25, 0.3) is 0 Å². The minimum absolute atomic E-state index is 0.259. The Kier molecular flexibility index (Phi) is 4.71. The summed E-state index contributed by atoms with van der Waals surface area (Å²) in [5.41, 5.74) is 0.662. The molecule has 0 saturated carbocycles. The zero-order valence-corrected chi connectivity index (χ0v) is 11.2. The number of benzene rings is 1. The summed E-state index contributed by atoms with van der Waals surface area (Å²) in [5.74, 6) is -0.259. The molecule has 0 fully saturated rings. The molecule has 0 aliphatic rings. The molecule has 1 aromatic rings. The van der Waals surface area contributed by atoms with E-state index in [4.69, 9.17) is 0 Å². The first-order valence-electron chi connectivity index (χ1n) is 5.68. The van der Waals surface area contributed by atoms with Crippen molar-refractivity contribution in [1.29, 1.82) is 0 Å². The highest BCUT2D eigenvalue weighted by Crippen LogP contribution is 2.43. The van der Waals surface area contributed by atoms with Crippen LogP contribution in [0.3, 0.4) is 0 Å². The van der Waals surface area contributed by atoms with E-state index in [0.717, 1.165) is 5.30 Å². The molecule has 92 valence electrons. The minimum atomic E-state index is -2.29. The highest BCUT2D eigenvalue weighted by atomic mass is 31.2. The predicted octanol–water partition coefficient (Wildman–Crippen LogP) is 2.84. The van der Waals surface area contributed by atoms with Gasteiger partial charge in [0, 0.05) is 23.3 Å². The molecule has 0 heterocycles. The van der Waals surface area contributed by atoms with Gasteiger partial charge in [0.1, 0.15) is 7.14 Å². The van der Waals surface area contributed by atoms with Gasteiger partial charge in [0.2, 0.25) is 5.91 Å². The summed E-state index contributed by atoms with van der Waals surface area (Å²) < 4.78 is 12.5. The molecule has 0 spiro atoms. The van der Waals surface area contributed by atoms with Crippen LogP contribution in [0.2, 0.25) is 0 Å². The van der Waals surface area contributed by atoms with E-state index in [1.54, 1.807) is 12.1 Å². The van der Waals surface area contributed by atoms with Crippen LogP contribution in [-0.4, -0.2) is 18.2 Å². The number of rotatable bonds is 5. The van der Waals surface area contributed by atoms with E-state index >= 15 is 0 Å². The molecule has 0 saturated heterocycles. The van der Waals surface area contributed by atoms with Crippen molar-refractivity contribution in [1.82, 2.24) is 0 Å². The molecule has 1 aromatic carbocycles. The van der Waals surface area contributed by atoms with Gasteiger partial charge in [-0.05, 0) is 18.2 Å². The van der Waals surface area contributed by atoms with Gasteiger partial charge in [-0.15, -0.1) is 0 Å². The Labute approximate surface area is 102 Å². The summed E-state index contributed by atoms with van der Waals surface area (Å²) in [6.07, 6.45) is 2.50. The van der Waals surface area contributed by atoms with Crippen molar-refractivity contribution in [2.75, 3.05) is 17.6 Å². The maximum Gasteiger partial charge on any atom is 0.247 e. The molecule has 17 heavy (non-hydrogen) atoms. The van der Waals surface area contributed by atoms with Crippen LogP contribution in [-0.2, 0) is 9.36 Å². The van der Waals surface area contributed by atoms with Crippen molar-refractivity contribution < 1.29 is 9.36 Å². The Bertz CT molecular complexity index is 460. The van der Waals surface area contributed by atoms with Crippen molar-refractivity contribution in [2.45, 2.75) is 13.8 Å². The fourth-order valence-electron chi connectivity index (χ4n) is 1.62. The number of nitrogens with one attached hydrogen (secondary N) is 1. The maximum atomic E-state index is 12.5. The van der Waals surface area contributed by atoms with Gasteiger partial charge < -0.3 is 9.88 Å². The van der Waals surface area contributed by atoms with Crippen LogP contribution in [0, 0.1) is 0 Å². The number of carbonyl (C=O) groups is 1. The van der Waals surface area contributed by atoms with Crippen LogP contribution in [0.5, 0.6) is 0 Å². The summed E-state index contributed by atoms with van der Waals surface area (Å²) >= 11 is 0. The van der Waals surface area contributed by atoms with Gasteiger partial charge in [-0.25, -0.2) is 0 Å². The molecule has 0 aromatic heterocycles. The second kappa shape index (κ2) is 5.83. The molecule has 0 atom stereocenters. The molecule has 3 nitrogen and oxygen atoms in total. The van der Waals surface area contributed by atoms with Gasteiger partial charge >= 0.3 is 0 Å².